The van der Waals surface area contributed by atoms with Crippen LogP contribution in [-0.2, 0) is 9.59 Å². The number of carbonyl (C=O) groups is 2. The number of nitrogens with one attached hydrogen (secondary N) is 1. The number of hydrogen-bond acceptors (Lipinski definition) is 8. The molecule has 0 aliphatic carbocycles. The Kier molecular flexibility index (Phi) is 5.43. The molecule has 0 atom stereocenters. The molecule has 0 bridgehead atoms. The number of carbonyl (C=O) groups excluding carboxylic acids is 2. The van der Waals surface area contributed by atoms with E-state index in [1.165, 1.54) is 0 Å². The highest BCUT2D eigenvalue weighted by Gasteiger charge is 2.27. The Balaban J connectivity index is 1.32. The second-order valence-corrected chi connectivity index (χ2v) is 7.93. The molecule has 168 valence electrons. The Morgan fingerprint density at radius 3 is 2.88 bits per heavy atom. The fourth-order valence-corrected chi connectivity index (χ4v) is 3.60. The first kappa shape index (κ1) is 21.0. The number of aryl methyl sites for hydroxylation is 1. The molecular formula is C22H18ClN5O5. The Morgan fingerprint density at radius 2 is 2.00 bits per heavy atom. The summed E-state index contributed by atoms with van der Waals surface area (Å²) in [5.41, 5.74) is 2.55. The van der Waals surface area contributed by atoms with E-state index in [0.717, 1.165) is 10.6 Å². The standard InChI is InChI=1S/C22H18ClN5O5/c1-12-2-4-14(23)9-16(12)24-19(29)10-28-20(30)7-5-15(26-28)22-25-21(27-33-22)13-3-6-17-18(8-13)32-11-31-17/h2-4,6,8-9H,5,7,10-11H2,1H3,(H,24,29). The first-order valence-electron chi connectivity index (χ1n) is 10.1. The Hall–Kier alpha value is -3.92. The molecule has 1 N–H and O–H groups in total. The molecule has 11 heteroatoms. The summed E-state index contributed by atoms with van der Waals surface area (Å²) in [5, 5.41) is 12.7. The number of benzene rings is 2. The van der Waals surface area contributed by atoms with E-state index >= 15 is 0 Å². The van der Waals surface area contributed by atoms with Crippen LogP contribution in [0.4, 0.5) is 5.69 Å². The monoisotopic (exact) mass is 467 g/mol. The maximum Gasteiger partial charge on any atom is 0.274 e. The number of halogens is 1. The topological polar surface area (TPSA) is 119 Å². The molecule has 0 radical (unpaired) electrons. The highest BCUT2D eigenvalue weighted by molar-refractivity contribution is 6.31. The van der Waals surface area contributed by atoms with Crippen molar-refractivity contribution in [2.45, 2.75) is 19.8 Å². The maximum atomic E-state index is 12.5. The molecule has 10 nitrogen and oxygen atoms in total. The van der Waals surface area contributed by atoms with Gasteiger partial charge in [-0.3, -0.25) is 9.59 Å². The second kappa shape index (κ2) is 8.55. The van der Waals surface area contributed by atoms with Gasteiger partial charge in [0.25, 0.3) is 5.89 Å². The van der Waals surface area contributed by atoms with Crippen LogP contribution in [0.3, 0.4) is 0 Å². The molecule has 0 unspecified atom stereocenters. The fraction of sp³-hybridized carbons (Fsp3) is 0.227. The number of hydrazone groups is 1. The first-order valence-corrected chi connectivity index (χ1v) is 10.5. The van der Waals surface area contributed by atoms with E-state index in [4.69, 9.17) is 25.6 Å². The third-order valence-electron chi connectivity index (χ3n) is 5.18. The predicted molar refractivity (Wildman–Crippen MR) is 118 cm³/mol. The maximum absolute atomic E-state index is 12.5. The van der Waals surface area contributed by atoms with Crippen molar-refractivity contribution >= 4 is 34.8 Å². The van der Waals surface area contributed by atoms with Crippen LogP contribution in [0, 0.1) is 6.92 Å². The Bertz CT molecular complexity index is 1290. The number of anilines is 1. The van der Waals surface area contributed by atoms with Crippen molar-refractivity contribution in [3.63, 3.8) is 0 Å². The van der Waals surface area contributed by atoms with Gasteiger partial charge < -0.3 is 19.3 Å². The van der Waals surface area contributed by atoms with Crippen molar-refractivity contribution in [2.24, 2.45) is 5.10 Å². The predicted octanol–water partition coefficient (Wildman–Crippen LogP) is 3.39. The lowest BCUT2D eigenvalue weighted by molar-refractivity contribution is -0.135. The van der Waals surface area contributed by atoms with Gasteiger partial charge in [0, 0.05) is 29.1 Å². The van der Waals surface area contributed by atoms with E-state index in [2.05, 4.69) is 20.6 Å². The quantitative estimate of drug-likeness (QED) is 0.610. The summed E-state index contributed by atoms with van der Waals surface area (Å²) in [6.07, 6.45) is 0.497. The van der Waals surface area contributed by atoms with Gasteiger partial charge >= 0.3 is 0 Å². The molecule has 0 saturated heterocycles. The van der Waals surface area contributed by atoms with Crippen molar-refractivity contribution in [1.82, 2.24) is 15.1 Å². The minimum atomic E-state index is -0.398. The van der Waals surface area contributed by atoms with E-state index in [9.17, 15) is 9.59 Å². The van der Waals surface area contributed by atoms with Gasteiger partial charge in [-0.2, -0.15) is 10.1 Å². The molecule has 0 saturated carbocycles. The summed E-state index contributed by atoms with van der Waals surface area (Å²) in [4.78, 5) is 29.3. The summed E-state index contributed by atoms with van der Waals surface area (Å²) in [6.45, 7) is 1.76. The summed E-state index contributed by atoms with van der Waals surface area (Å²) in [6, 6.07) is 10.5. The van der Waals surface area contributed by atoms with Gasteiger partial charge in [-0.1, -0.05) is 22.8 Å². The van der Waals surface area contributed by atoms with Crippen molar-refractivity contribution < 1.29 is 23.6 Å². The number of hydrogen-bond donors (Lipinski definition) is 1. The van der Waals surface area contributed by atoms with Crippen LogP contribution in [0.1, 0.15) is 24.3 Å². The zero-order chi connectivity index (χ0) is 22.9. The molecule has 2 aliphatic heterocycles. The van der Waals surface area contributed by atoms with E-state index in [0.29, 0.717) is 45.7 Å². The molecule has 1 aromatic heterocycles. The minimum absolute atomic E-state index is 0.168. The highest BCUT2D eigenvalue weighted by Crippen LogP contribution is 2.35. The molecule has 0 spiro atoms. The van der Waals surface area contributed by atoms with Crippen LogP contribution < -0.4 is 14.8 Å². The summed E-state index contributed by atoms with van der Waals surface area (Å²) in [5.74, 6) is 1.12. The van der Waals surface area contributed by atoms with Gasteiger partial charge in [0.05, 0.1) is 0 Å². The van der Waals surface area contributed by atoms with Gasteiger partial charge in [0.2, 0.25) is 24.4 Å². The van der Waals surface area contributed by atoms with Crippen LogP contribution in [0.5, 0.6) is 11.5 Å². The van der Waals surface area contributed by atoms with Crippen molar-refractivity contribution in [2.75, 3.05) is 18.7 Å². The smallest absolute Gasteiger partial charge is 0.274 e. The van der Waals surface area contributed by atoms with Gasteiger partial charge in [-0.05, 0) is 42.8 Å². The zero-order valence-corrected chi connectivity index (χ0v) is 18.3. The van der Waals surface area contributed by atoms with Crippen LogP contribution in [0.2, 0.25) is 5.02 Å². The van der Waals surface area contributed by atoms with Gasteiger partial charge in [0.1, 0.15) is 12.3 Å². The average Bonchev–Trinajstić information content (AvgIpc) is 3.47. The number of aromatic nitrogens is 2. The van der Waals surface area contributed by atoms with Gasteiger partial charge in [-0.25, -0.2) is 5.01 Å². The molecular weight excluding hydrogens is 450 g/mol. The van der Waals surface area contributed by atoms with Gasteiger partial charge in [0.15, 0.2) is 11.5 Å². The van der Waals surface area contributed by atoms with Crippen molar-refractivity contribution in [1.29, 1.82) is 0 Å². The normalized spacial score (nSPS) is 14.9. The number of rotatable bonds is 5. The zero-order valence-electron chi connectivity index (χ0n) is 17.5. The number of ether oxygens (including phenoxy) is 2. The molecule has 2 aliphatic rings. The molecule has 5 rings (SSSR count). The number of amides is 2. The van der Waals surface area contributed by atoms with E-state index < -0.39 is 5.91 Å². The molecule has 3 heterocycles. The molecule has 2 amide bonds. The average molecular weight is 468 g/mol. The van der Waals surface area contributed by atoms with E-state index in [1.54, 1.807) is 36.4 Å². The van der Waals surface area contributed by atoms with Crippen LogP contribution in [0.25, 0.3) is 11.4 Å². The molecule has 2 aromatic carbocycles. The highest BCUT2D eigenvalue weighted by atomic mass is 35.5. The first-order chi connectivity index (χ1) is 16.0. The van der Waals surface area contributed by atoms with Crippen molar-refractivity contribution in [3.8, 4) is 22.9 Å². The van der Waals surface area contributed by atoms with Crippen LogP contribution in [0.15, 0.2) is 46.0 Å². The SMILES string of the molecule is Cc1ccc(Cl)cc1NC(=O)CN1N=C(c2nc(-c3ccc4c(c3)OCO4)no2)CCC1=O. The van der Waals surface area contributed by atoms with Gasteiger partial charge in [-0.15, -0.1) is 0 Å². The summed E-state index contributed by atoms with van der Waals surface area (Å²) < 4.78 is 16.1. The second-order valence-electron chi connectivity index (χ2n) is 7.50. The number of fused-ring (bicyclic) bond motifs is 1. The van der Waals surface area contributed by atoms with E-state index in [-0.39, 0.29) is 31.6 Å². The number of nitrogens with zero attached hydrogens (tertiary/aromatic N) is 4. The largest absolute Gasteiger partial charge is 0.454 e. The third kappa shape index (κ3) is 4.37. The Morgan fingerprint density at radius 1 is 1.15 bits per heavy atom. The Labute approximate surface area is 193 Å². The molecule has 3 aromatic rings. The lowest BCUT2D eigenvalue weighted by Crippen LogP contribution is -2.38. The molecule has 0 fully saturated rings. The van der Waals surface area contributed by atoms with Crippen molar-refractivity contribution in [3.05, 3.63) is 52.9 Å². The van der Waals surface area contributed by atoms with Crippen LogP contribution >= 0.6 is 11.6 Å². The molecule has 33 heavy (non-hydrogen) atoms. The lowest BCUT2D eigenvalue weighted by atomic mass is 10.1. The lowest BCUT2D eigenvalue weighted by Gasteiger charge is -2.22. The summed E-state index contributed by atoms with van der Waals surface area (Å²) in [7, 11) is 0. The van der Waals surface area contributed by atoms with Crippen LogP contribution in [-0.4, -0.2) is 46.0 Å². The minimum Gasteiger partial charge on any atom is -0.454 e. The van der Waals surface area contributed by atoms with E-state index in [1.807, 2.05) is 6.92 Å². The fourth-order valence-electron chi connectivity index (χ4n) is 3.43. The third-order valence-corrected chi connectivity index (χ3v) is 5.41. The summed E-state index contributed by atoms with van der Waals surface area (Å²) >= 11 is 6.00.